The number of nitrogens with one attached hydrogen (secondary N) is 2. The molecule has 0 radical (unpaired) electrons. The van der Waals surface area contributed by atoms with Crippen molar-refractivity contribution in [3.05, 3.63) is 0 Å². The van der Waals surface area contributed by atoms with Gasteiger partial charge in [-0.05, 0) is 70.5 Å². The van der Waals surface area contributed by atoms with Gasteiger partial charge in [-0.25, -0.2) is 0 Å². The smallest absolute Gasteiger partial charge is 0.00643 e. The molecule has 0 amide bonds. The molecular formula is C16H41N3. The van der Waals surface area contributed by atoms with Crippen molar-refractivity contribution in [3.8, 4) is 0 Å². The summed E-state index contributed by atoms with van der Waals surface area (Å²) in [4.78, 5) is 0. The highest BCUT2D eigenvalue weighted by atomic mass is 14.9. The van der Waals surface area contributed by atoms with Crippen LogP contribution in [-0.2, 0) is 0 Å². The van der Waals surface area contributed by atoms with E-state index < -0.39 is 0 Å². The Kier molecular flexibility index (Phi) is 9.48. The van der Waals surface area contributed by atoms with Crippen LogP contribution in [0, 0.1) is 5.92 Å². The largest absolute Gasteiger partial charge is 0.328 e. The summed E-state index contributed by atoms with van der Waals surface area (Å²) < 4.78 is 0. The van der Waals surface area contributed by atoms with E-state index in [9.17, 15) is 0 Å². The quantitative estimate of drug-likeness (QED) is 0.536. The molecule has 3 nitrogen and oxygen atoms in total. The third kappa shape index (κ3) is 7.91. The van der Waals surface area contributed by atoms with E-state index in [2.05, 4.69) is 24.5 Å². The van der Waals surface area contributed by atoms with E-state index in [1.54, 1.807) is 0 Å². The van der Waals surface area contributed by atoms with E-state index >= 15 is 0 Å². The summed E-state index contributed by atoms with van der Waals surface area (Å²) in [6.45, 7) is 8.04. The van der Waals surface area contributed by atoms with Crippen LogP contribution in [0.5, 0.6) is 0 Å². The summed E-state index contributed by atoms with van der Waals surface area (Å²) in [6, 6.07) is 1.20. The Morgan fingerprint density at radius 2 is 1.89 bits per heavy atom. The van der Waals surface area contributed by atoms with Crippen LogP contribution in [0.2, 0.25) is 0 Å². The molecule has 1 rings (SSSR count). The molecule has 0 saturated heterocycles. The van der Waals surface area contributed by atoms with Gasteiger partial charge in [0.15, 0.2) is 0 Å². The molecule has 1 aliphatic rings. The first-order valence-corrected chi connectivity index (χ1v) is 8.45. The lowest BCUT2D eigenvalue weighted by molar-refractivity contribution is 0.314. The van der Waals surface area contributed by atoms with Crippen LogP contribution in [0.1, 0.15) is 69.5 Å². The number of nitrogens with two attached hydrogens (primary N) is 1. The number of hydrogen-bond acceptors (Lipinski definition) is 3. The molecule has 0 aromatic heterocycles. The Bertz CT molecular complexity index is 213. The molecule has 1 unspecified atom stereocenters. The lowest BCUT2D eigenvalue weighted by Crippen LogP contribution is -2.34. The molecular weight excluding hydrogens is 234 g/mol. The van der Waals surface area contributed by atoms with Crippen LogP contribution >= 0.6 is 0 Å². The van der Waals surface area contributed by atoms with Crippen molar-refractivity contribution < 1.29 is 4.28 Å². The molecule has 0 aromatic carbocycles. The molecule has 3 heteroatoms. The Morgan fingerprint density at radius 3 is 2.53 bits per heavy atom. The summed E-state index contributed by atoms with van der Waals surface area (Å²) in [5.74, 6) is 0.872. The molecule has 4 N–H and O–H groups in total. The SMILES string of the molecule is CCCC(CC)NCCCNCC1CCC(N)CC1.[HH].[HH].[HH]. The van der Waals surface area contributed by atoms with Gasteiger partial charge < -0.3 is 16.4 Å². The van der Waals surface area contributed by atoms with Gasteiger partial charge in [-0.3, -0.25) is 0 Å². The zero-order valence-electron chi connectivity index (χ0n) is 13.1. The maximum Gasteiger partial charge on any atom is 0.00643 e. The average Bonchev–Trinajstić information content (AvgIpc) is 2.43. The van der Waals surface area contributed by atoms with Gasteiger partial charge in [0.1, 0.15) is 0 Å². The fourth-order valence-electron chi connectivity index (χ4n) is 3.02. The van der Waals surface area contributed by atoms with Gasteiger partial charge in [0.2, 0.25) is 0 Å². The van der Waals surface area contributed by atoms with E-state index in [1.165, 1.54) is 57.9 Å². The predicted molar refractivity (Wildman–Crippen MR) is 90.8 cm³/mol. The summed E-state index contributed by atoms with van der Waals surface area (Å²) in [6.07, 6.45) is 10.2. The van der Waals surface area contributed by atoms with Gasteiger partial charge in [0.25, 0.3) is 0 Å². The Balaban J connectivity index is -0.00000120. The number of rotatable bonds is 10. The van der Waals surface area contributed by atoms with Crippen molar-refractivity contribution in [2.75, 3.05) is 19.6 Å². The van der Waals surface area contributed by atoms with Crippen LogP contribution in [0.3, 0.4) is 0 Å². The molecule has 0 spiro atoms. The summed E-state index contributed by atoms with van der Waals surface area (Å²) in [5, 5.41) is 7.27. The Morgan fingerprint density at radius 1 is 1.16 bits per heavy atom. The van der Waals surface area contributed by atoms with Crippen LogP contribution < -0.4 is 16.4 Å². The molecule has 0 aromatic rings. The second-order valence-corrected chi connectivity index (χ2v) is 6.19. The monoisotopic (exact) mass is 275 g/mol. The normalized spacial score (nSPS) is 25.4. The van der Waals surface area contributed by atoms with Crippen LogP contribution in [0.15, 0.2) is 0 Å². The third-order valence-electron chi connectivity index (χ3n) is 4.42. The maximum atomic E-state index is 5.93. The highest BCUT2D eigenvalue weighted by Gasteiger charge is 2.17. The van der Waals surface area contributed by atoms with Crippen LogP contribution in [-0.4, -0.2) is 31.7 Å². The van der Waals surface area contributed by atoms with Crippen molar-refractivity contribution in [2.45, 2.75) is 77.3 Å². The molecule has 0 aliphatic heterocycles. The lowest BCUT2D eigenvalue weighted by atomic mass is 9.86. The van der Waals surface area contributed by atoms with Crippen LogP contribution in [0.25, 0.3) is 0 Å². The Labute approximate surface area is 124 Å². The Hall–Kier alpha value is -0.120. The predicted octanol–water partition coefficient (Wildman–Crippen LogP) is 3.39. The first-order chi connectivity index (χ1) is 9.26. The zero-order chi connectivity index (χ0) is 13.9. The van der Waals surface area contributed by atoms with Gasteiger partial charge in [0.05, 0.1) is 0 Å². The standard InChI is InChI=1S/C16H35N3.3H2/c1-3-6-16(4-2)19-12-5-11-18-13-14-7-9-15(17)10-8-14;;;/h14-16,18-19H,3-13,17H2,1-2H3;3*1H. The zero-order valence-corrected chi connectivity index (χ0v) is 13.1. The van der Waals surface area contributed by atoms with E-state index in [-0.39, 0.29) is 4.28 Å². The first-order valence-electron chi connectivity index (χ1n) is 8.45. The second kappa shape index (κ2) is 10.6. The minimum Gasteiger partial charge on any atom is -0.328 e. The van der Waals surface area contributed by atoms with Crippen molar-refractivity contribution >= 4 is 0 Å². The molecule has 120 valence electrons. The highest BCUT2D eigenvalue weighted by molar-refractivity contribution is 4.75. The highest BCUT2D eigenvalue weighted by Crippen LogP contribution is 2.22. The van der Waals surface area contributed by atoms with Crippen molar-refractivity contribution in [3.63, 3.8) is 0 Å². The number of hydrogen-bond donors (Lipinski definition) is 3. The molecule has 19 heavy (non-hydrogen) atoms. The van der Waals surface area contributed by atoms with Crippen molar-refractivity contribution in [1.82, 2.24) is 10.6 Å². The minimum absolute atomic E-state index is 0. The van der Waals surface area contributed by atoms with E-state index in [4.69, 9.17) is 5.73 Å². The van der Waals surface area contributed by atoms with Crippen molar-refractivity contribution in [1.29, 1.82) is 0 Å². The van der Waals surface area contributed by atoms with Gasteiger partial charge in [-0.15, -0.1) is 0 Å². The summed E-state index contributed by atoms with van der Waals surface area (Å²) in [5.41, 5.74) is 5.93. The maximum absolute atomic E-state index is 5.93. The van der Waals surface area contributed by atoms with E-state index in [0.717, 1.165) is 25.0 Å². The van der Waals surface area contributed by atoms with Gasteiger partial charge >= 0.3 is 0 Å². The van der Waals surface area contributed by atoms with Gasteiger partial charge in [-0.1, -0.05) is 20.3 Å². The fourth-order valence-corrected chi connectivity index (χ4v) is 3.02. The fraction of sp³-hybridized carbons (Fsp3) is 1.00. The van der Waals surface area contributed by atoms with Crippen molar-refractivity contribution in [2.24, 2.45) is 11.7 Å². The molecule has 1 aliphatic carbocycles. The molecule has 1 fully saturated rings. The first kappa shape index (κ1) is 16.9. The average molecular weight is 276 g/mol. The second-order valence-electron chi connectivity index (χ2n) is 6.19. The summed E-state index contributed by atoms with van der Waals surface area (Å²) in [7, 11) is 0. The van der Waals surface area contributed by atoms with E-state index in [1.807, 2.05) is 0 Å². The van der Waals surface area contributed by atoms with Gasteiger partial charge in [0, 0.05) is 16.4 Å². The topological polar surface area (TPSA) is 50.1 Å². The molecule has 0 heterocycles. The van der Waals surface area contributed by atoms with Gasteiger partial charge in [-0.2, -0.15) is 0 Å². The van der Waals surface area contributed by atoms with Crippen LogP contribution in [0.4, 0.5) is 0 Å². The molecule has 0 bridgehead atoms. The summed E-state index contributed by atoms with van der Waals surface area (Å²) >= 11 is 0. The lowest BCUT2D eigenvalue weighted by Gasteiger charge is -2.26. The molecule has 1 saturated carbocycles. The van der Waals surface area contributed by atoms with E-state index in [0.29, 0.717) is 6.04 Å². The minimum atomic E-state index is 0. The third-order valence-corrected chi connectivity index (χ3v) is 4.42. The molecule has 1 atom stereocenters.